The highest BCUT2D eigenvalue weighted by atomic mass is 35.5. The van der Waals surface area contributed by atoms with Crippen LogP contribution in [0.1, 0.15) is 18.9 Å². The maximum Gasteiger partial charge on any atom is 0.193 e. The summed E-state index contributed by atoms with van der Waals surface area (Å²) in [6, 6.07) is 8.14. The fourth-order valence-corrected chi connectivity index (χ4v) is 3.94. The van der Waals surface area contributed by atoms with Crippen LogP contribution in [0.2, 0.25) is 5.02 Å². The van der Waals surface area contributed by atoms with E-state index in [1.54, 1.807) is 0 Å². The van der Waals surface area contributed by atoms with E-state index in [0.717, 1.165) is 69.8 Å². The highest BCUT2D eigenvalue weighted by Crippen LogP contribution is 2.20. The summed E-state index contributed by atoms with van der Waals surface area (Å²) in [5.74, 6) is 0.951. The van der Waals surface area contributed by atoms with Crippen LogP contribution in [0.3, 0.4) is 0 Å². The average Bonchev–Trinajstić information content (AvgIpc) is 3.15. The molecule has 7 nitrogen and oxygen atoms in total. The quantitative estimate of drug-likeness (QED) is 0.395. The van der Waals surface area contributed by atoms with Crippen molar-refractivity contribution < 1.29 is 0 Å². The Kier molecular flexibility index (Phi) is 8.39. The van der Waals surface area contributed by atoms with Crippen molar-refractivity contribution in [1.29, 1.82) is 0 Å². The van der Waals surface area contributed by atoms with Crippen LogP contribution in [-0.2, 0) is 13.6 Å². The van der Waals surface area contributed by atoms with Crippen molar-refractivity contribution in [3.63, 3.8) is 0 Å². The van der Waals surface area contributed by atoms with E-state index in [0.29, 0.717) is 0 Å². The van der Waals surface area contributed by atoms with Gasteiger partial charge in [0.25, 0.3) is 0 Å². The molecule has 1 saturated heterocycles. The van der Waals surface area contributed by atoms with E-state index in [4.69, 9.17) is 16.6 Å². The lowest BCUT2D eigenvalue weighted by Gasteiger charge is -2.36. The van der Waals surface area contributed by atoms with Gasteiger partial charge in [0.05, 0.1) is 6.20 Å². The second kappa shape index (κ2) is 11.2. The van der Waals surface area contributed by atoms with E-state index in [9.17, 15) is 0 Å². The second-order valence-electron chi connectivity index (χ2n) is 7.78. The molecule has 0 unspecified atom stereocenters. The first kappa shape index (κ1) is 22.4. The van der Waals surface area contributed by atoms with Gasteiger partial charge in [0, 0.05) is 88.9 Å². The van der Waals surface area contributed by atoms with Crippen molar-refractivity contribution in [2.45, 2.75) is 19.9 Å². The number of guanidine groups is 1. The minimum absolute atomic E-state index is 0.797. The highest BCUT2D eigenvalue weighted by molar-refractivity contribution is 6.30. The lowest BCUT2D eigenvalue weighted by atomic mass is 10.2. The van der Waals surface area contributed by atoms with Crippen molar-refractivity contribution in [2.75, 3.05) is 57.8 Å². The Morgan fingerprint density at radius 1 is 1.27 bits per heavy atom. The number of benzene rings is 1. The van der Waals surface area contributed by atoms with Gasteiger partial charge in [-0.25, -0.2) is 0 Å². The SMILES string of the molecule is CCNC(=NCCCN1CCN(c2cccc(Cl)c2)CC1)N(C)Cc1cnn(C)c1. The molecule has 8 heteroatoms. The molecule has 1 N–H and O–H groups in total. The fourth-order valence-electron chi connectivity index (χ4n) is 3.75. The molecule has 0 bridgehead atoms. The molecule has 1 aromatic heterocycles. The largest absolute Gasteiger partial charge is 0.369 e. The topological polar surface area (TPSA) is 51.9 Å². The lowest BCUT2D eigenvalue weighted by molar-refractivity contribution is 0.256. The van der Waals surface area contributed by atoms with Crippen molar-refractivity contribution in [3.05, 3.63) is 47.2 Å². The molecule has 1 aliphatic rings. The number of hydrogen-bond donors (Lipinski definition) is 1. The van der Waals surface area contributed by atoms with Crippen LogP contribution in [0, 0.1) is 0 Å². The van der Waals surface area contributed by atoms with Crippen LogP contribution in [0.25, 0.3) is 0 Å². The molecule has 1 aliphatic heterocycles. The lowest BCUT2D eigenvalue weighted by Crippen LogP contribution is -2.46. The van der Waals surface area contributed by atoms with E-state index < -0.39 is 0 Å². The molecule has 2 aromatic rings. The van der Waals surface area contributed by atoms with Crippen LogP contribution in [0.5, 0.6) is 0 Å². The van der Waals surface area contributed by atoms with Crippen molar-refractivity contribution in [1.82, 2.24) is 24.9 Å². The molecule has 0 saturated carbocycles. The van der Waals surface area contributed by atoms with Crippen LogP contribution in [-0.4, -0.2) is 78.4 Å². The van der Waals surface area contributed by atoms with Crippen LogP contribution < -0.4 is 10.2 Å². The van der Waals surface area contributed by atoms with Gasteiger partial charge in [-0.3, -0.25) is 14.6 Å². The van der Waals surface area contributed by atoms with Crippen molar-refractivity contribution >= 4 is 23.2 Å². The van der Waals surface area contributed by atoms with Gasteiger partial charge < -0.3 is 15.1 Å². The Bertz CT molecular complexity index is 811. The number of rotatable bonds is 8. The number of piperazine rings is 1. The normalized spacial score (nSPS) is 15.5. The maximum atomic E-state index is 6.13. The molecular weight excluding hydrogens is 398 g/mol. The summed E-state index contributed by atoms with van der Waals surface area (Å²) in [5, 5.41) is 8.44. The molecule has 0 radical (unpaired) electrons. The standard InChI is InChI=1S/C22H34ClN7/c1-4-24-22(27(2)17-19-16-26-28(3)18-19)25-9-6-10-29-11-13-30(14-12-29)21-8-5-7-20(23)15-21/h5,7-8,15-16,18H,4,6,9-14,17H2,1-3H3,(H,24,25). The molecule has 0 aliphatic carbocycles. The zero-order valence-electron chi connectivity index (χ0n) is 18.4. The molecule has 2 heterocycles. The number of halogens is 1. The van der Waals surface area contributed by atoms with E-state index in [1.807, 2.05) is 36.3 Å². The average molecular weight is 432 g/mol. The minimum Gasteiger partial charge on any atom is -0.369 e. The molecule has 1 fully saturated rings. The smallest absolute Gasteiger partial charge is 0.193 e. The Hall–Kier alpha value is -2.25. The van der Waals surface area contributed by atoms with Gasteiger partial charge in [-0.15, -0.1) is 0 Å². The Labute approximate surface area is 185 Å². The summed E-state index contributed by atoms with van der Waals surface area (Å²) >= 11 is 6.13. The predicted molar refractivity (Wildman–Crippen MR) is 125 cm³/mol. The number of hydrogen-bond acceptors (Lipinski definition) is 4. The third-order valence-electron chi connectivity index (χ3n) is 5.31. The molecule has 0 atom stereocenters. The summed E-state index contributed by atoms with van der Waals surface area (Å²) < 4.78 is 1.83. The number of aryl methyl sites for hydroxylation is 1. The summed E-state index contributed by atoms with van der Waals surface area (Å²) in [4.78, 5) is 11.9. The number of aromatic nitrogens is 2. The Morgan fingerprint density at radius 3 is 2.73 bits per heavy atom. The highest BCUT2D eigenvalue weighted by Gasteiger charge is 2.17. The Balaban J connectivity index is 1.41. The number of nitrogens with zero attached hydrogens (tertiary/aromatic N) is 6. The van der Waals surface area contributed by atoms with E-state index in [2.05, 4.69) is 51.2 Å². The van der Waals surface area contributed by atoms with Gasteiger partial charge in [0.2, 0.25) is 0 Å². The summed E-state index contributed by atoms with van der Waals surface area (Å²) in [5.41, 5.74) is 2.40. The van der Waals surface area contributed by atoms with Gasteiger partial charge >= 0.3 is 0 Å². The van der Waals surface area contributed by atoms with Crippen molar-refractivity contribution in [3.8, 4) is 0 Å². The monoisotopic (exact) mass is 431 g/mol. The number of aliphatic imine (C=N–C) groups is 1. The van der Waals surface area contributed by atoms with Gasteiger partial charge in [-0.1, -0.05) is 17.7 Å². The first-order valence-corrected chi connectivity index (χ1v) is 11.1. The van der Waals surface area contributed by atoms with Gasteiger partial charge in [0.1, 0.15) is 0 Å². The van der Waals surface area contributed by atoms with Crippen molar-refractivity contribution in [2.24, 2.45) is 12.0 Å². The van der Waals surface area contributed by atoms with E-state index >= 15 is 0 Å². The summed E-state index contributed by atoms with van der Waals surface area (Å²) in [6.45, 7) is 9.92. The minimum atomic E-state index is 0.797. The summed E-state index contributed by atoms with van der Waals surface area (Å²) in [6.07, 6.45) is 5.01. The molecule has 1 aromatic carbocycles. The van der Waals surface area contributed by atoms with E-state index in [1.165, 1.54) is 11.3 Å². The predicted octanol–water partition coefficient (Wildman–Crippen LogP) is 2.68. The summed E-state index contributed by atoms with van der Waals surface area (Å²) in [7, 11) is 4.02. The molecular formula is C22H34ClN7. The van der Waals surface area contributed by atoms with Crippen LogP contribution in [0.4, 0.5) is 5.69 Å². The zero-order chi connectivity index (χ0) is 21.3. The first-order valence-electron chi connectivity index (χ1n) is 10.7. The molecule has 0 spiro atoms. The van der Waals surface area contributed by atoms with Crippen LogP contribution >= 0.6 is 11.6 Å². The molecule has 0 amide bonds. The third-order valence-corrected chi connectivity index (χ3v) is 5.55. The van der Waals surface area contributed by atoms with Gasteiger partial charge in [-0.2, -0.15) is 5.10 Å². The Morgan fingerprint density at radius 2 is 2.07 bits per heavy atom. The third kappa shape index (κ3) is 6.64. The van der Waals surface area contributed by atoms with Crippen LogP contribution in [0.15, 0.2) is 41.7 Å². The maximum absolute atomic E-state index is 6.13. The molecule has 30 heavy (non-hydrogen) atoms. The second-order valence-corrected chi connectivity index (χ2v) is 8.21. The van der Waals surface area contributed by atoms with E-state index in [-0.39, 0.29) is 0 Å². The van der Waals surface area contributed by atoms with Gasteiger partial charge in [0.15, 0.2) is 5.96 Å². The fraction of sp³-hybridized carbons (Fsp3) is 0.545. The number of anilines is 1. The molecule has 164 valence electrons. The first-order chi connectivity index (χ1) is 14.5. The molecule has 3 rings (SSSR count). The zero-order valence-corrected chi connectivity index (χ0v) is 19.1. The van der Waals surface area contributed by atoms with Gasteiger partial charge in [-0.05, 0) is 31.5 Å². The number of nitrogens with one attached hydrogen (secondary N) is 1.